The molecular formula is C23H22N6O. The van der Waals surface area contributed by atoms with E-state index in [1.165, 1.54) is 6.42 Å². The topological polar surface area (TPSA) is 86.8 Å². The zero-order valence-corrected chi connectivity index (χ0v) is 16.5. The van der Waals surface area contributed by atoms with Gasteiger partial charge >= 0.3 is 0 Å². The van der Waals surface area contributed by atoms with Gasteiger partial charge in [-0.3, -0.25) is 9.78 Å². The molecule has 3 aromatic heterocycles. The molecule has 1 aromatic carbocycles. The van der Waals surface area contributed by atoms with Crippen LogP contribution in [0.25, 0.3) is 22.3 Å². The van der Waals surface area contributed by atoms with Gasteiger partial charge in [0, 0.05) is 42.1 Å². The van der Waals surface area contributed by atoms with Gasteiger partial charge < -0.3 is 15.2 Å². The summed E-state index contributed by atoms with van der Waals surface area (Å²) < 4.78 is 0. The van der Waals surface area contributed by atoms with Crippen molar-refractivity contribution < 1.29 is 4.79 Å². The van der Waals surface area contributed by atoms with Crippen molar-refractivity contribution in [3.05, 3.63) is 66.6 Å². The maximum atomic E-state index is 12.8. The SMILES string of the molecule is O=C(c1cc2cc(Nc3nccc(-c4ccccn4)n3)ccc2[nH]1)N1CCCCC1. The van der Waals surface area contributed by atoms with Gasteiger partial charge in [-0.25, -0.2) is 9.97 Å². The predicted octanol–water partition coefficient (Wildman–Crippen LogP) is 4.39. The van der Waals surface area contributed by atoms with Gasteiger partial charge in [0.2, 0.25) is 5.95 Å². The fourth-order valence-corrected chi connectivity index (χ4v) is 3.80. The Kier molecular flexibility index (Phi) is 4.85. The Morgan fingerprint density at radius 2 is 1.83 bits per heavy atom. The molecule has 1 saturated heterocycles. The summed E-state index contributed by atoms with van der Waals surface area (Å²) in [5.74, 6) is 0.574. The number of carbonyl (C=O) groups excluding carboxylic acids is 1. The van der Waals surface area contributed by atoms with E-state index in [0.29, 0.717) is 11.6 Å². The first-order valence-corrected chi connectivity index (χ1v) is 10.2. The molecule has 5 rings (SSSR count). The molecule has 0 saturated carbocycles. The molecule has 0 atom stereocenters. The van der Waals surface area contributed by atoms with Crippen molar-refractivity contribution in [3.8, 4) is 11.4 Å². The van der Waals surface area contributed by atoms with Crippen molar-refractivity contribution in [1.29, 1.82) is 0 Å². The van der Waals surface area contributed by atoms with E-state index < -0.39 is 0 Å². The molecular weight excluding hydrogens is 376 g/mol. The number of anilines is 2. The van der Waals surface area contributed by atoms with Crippen molar-refractivity contribution in [2.24, 2.45) is 0 Å². The van der Waals surface area contributed by atoms with Crippen molar-refractivity contribution in [3.63, 3.8) is 0 Å². The van der Waals surface area contributed by atoms with Gasteiger partial charge in [-0.1, -0.05) is 6.07 Å². The summed E-state index contributed by atoms with van der Waals surface area (Å²) in [7, 11) is 0. The number of benzene rings is 1. The maximum Gasteiger partial charge on any atom is 0.270 e. The number of carbonyl (C=O) groups is 1. The zero-order valence-electron chi connectivity index (χ0n) is 16.5. The van der Waals surface area contributed by atoms with Crippen LogP contribution in [-0.2, 0) is 0 Å². The molecule has 7 nitrogen and oxygen atoms in total. The van der Waals surface area contributed by atoms with Gasteiger partial charge in [-0.15, -0.1) is 0 Å². The fraction of sp³-hybridized carbons (Fsp3) is 0.217. The van der Waals surface area contributed by atoms with Gasteiger partial charge in [-0.05, 0) is 61.7 Å². The first-order chi connectivity index (χ1) is 14.8. The number of H-pyrrole nitrogens is 1. The third kappa shape index (κ3) is 3.74. The molecule has 1 aliphatic heterocycles. The van der Waals surface area contributed by atoms with Crippen molar-refractivity contribution >= 4 is 28.4 Å². The Morgan fingerprint density at radius 1 is 0.933 bits per heavy atom. The fourth-order valence-electron chi connectivity index (χ4n) is 3.80. The highest BCUT2D eigenvalue weighted by Crippen LogP contribution is 2.24. The molecule has 0 bridgehead atoms. The Labute approximate surface area is 174 Å². The van der Waals surface area contributed by atoms with E-state index in [-0.39, 0.29) is 5.91 Å². The summed E-state index contributed by atoms with van der Waals surface area (Å²) in [6, 6.07) is 15.4. The first-order valence-electron chi connectivity index (χ1n) is 10.2. The van der Waals surface area contributed by atoms with Crippen molar-refractivity contribution in [1.82, 2.24) is 24.8 Å². The normalized spacial score (nSPS) is 14.1. The predicted molar refractivity (Wildman–Crippen MR) is 117 cm³/mol. The Morgan fingerprint density at radius 3 is 2.67 bits per heavy atom. The molecule has 0 unspecified atom stereocenters. The van der Waals surface area contributed by atoms with E-state index in [4.69, 9.17) is 0 Å². The van der Waals surface area contributed by atoms with Crippen LogP contribution >= 0.6 is 0 Å². The van der Waals surface area contributed by atoms with Crippen LogP contribution in [0, 0.1) is 0 Å². The lowest BCUT2D eigenvalue weighted by Crippen LogP contribution is -2.35. The number of nitrogens with zero attached hydrogens (tertiary/aromatic N) is 4. The molecule has 30 heavy (non-hydrogen) atoms. The number of aromatic amines is 1. The lowest BCUT2D eigenvalue weighted by Gasteiger charge is -2.26. The molecule has 4 aromatic rings. The summed E-state index contributed by atoms with van der Waals surface area (Å²) in [5.41, 5.74) is 3.98. The second-order valence-electron chi connectivity index (χ2n) is 7.44. The zero-order chi connectivity index (χ0) is 20.3. The van der Waals surface area contributed by atoms with Crippen molar-refractivity contribution in [2.45, 2.75) is 19.3 Å². The van der Waals surface area contributed by atoms with Crippen LogP contribution in [0.2, 0.25) is 0 Å². The molecule has 150 valence electrons. The molecule has 1 fully saturated rings. The van der Waals surface area contributed by atoms with E-state index in [0.717, 1.165) is 53.9 Å². The number of rotatable bonds is 4. The number of fused-ring (bicyclic) bond motifs is 1. The quantitative estimate of drug-likeness (QED) is 0.532. The third-order valence-electron chi connectivity index (χ3n) is 5.33. The highest BCUT2D eigenvalue weighted by Gasteiger charge is 2.19. The second-order valence-corrected chi connectivity index (χ2v) is 7.44. The van der Waals surface area contributed by atoms with Gasteiger partial charge in [0.15, 0.2) is 0 Å². The monoisotopic (exact) mass is 398 g/mol. The molecule has 7 heteroatoms. The molecule has 4 heterocycles. The highest BCUT2D eigenvalue weighted by molar-refractivity contribution is 5.98. The molecule has 0 aliphatic carbocycles. The van der Waals surface area contributed by atoms with Crippen LogP contribution in [0.3, 0.4) is 0 Å². The Bertz CT molecular complexity index is 1180. The summed E-state index contributed by atoms with van der Waals surface area (Å²) in [4.78, 5) is 31.2. The van der Waals surface area contributed by atoms with Crippen LogP contribution in [0.5, 0.6) is 0 Å². The van der Waals surface area contributed by atoms with Crippen LogP contribution in [0.15, 0.2) is 60.9 Å². The number of hydrogen-bond acceptors (Lipinski definition) is 5. The van der Waals surface area contributed by atoms with E-state index in [1.54, 1.807) is 12.4 Å². The van der Waals surface area contributed by atoms with Crippen molar-refractivity contribution in [2.75, 3.05) is 18.4 Å². The van der Waals surface area contributed by atoms with Gasteiger partial charge in [0.1, 0.15) is 5.69 Å². The second kappa shape index (κ2) is 7.94. The first kappa shape index (κ1) is 18.3. The van der Waals surface area contributed by atoms with Crippen LogP contribution in [0.1, 0.15) is 29.8 Å². The number of aromatic nitrogens is 4. The van der Waals surface area contributed by atoms with E-state index in [1.807, 2.05) is 53.4 Å². The van der Waals surface area contributed by atoms with Crippen LogP contribution in [0.4, 0.5) is 11.6 Å². The molecule has 0 radical (unpaired) electrons. The maximum absolute atomic E-state index is 12.8. The average Bonchev–Trinajstić information content (AvgIpc) is 3.23. The number of amides is 1. The number of hydrogen-bond donors (Lipinski definition) is 2. The molecule has 2 N–H and O–H groups in total. The summed E-state index contributed by atoms with van der Waals surface area (Å²) in [6.45, 7) is 1.68. The van der Waals surface area contributed by atoms with E-state index in [2.05, 4.69) is 25.3 Å². The van der Waals surface area contributed by atoms with Gasteiger partial charge in [0.05, 0.1) is 11.4 Å². The van der Waals surface area contributed by atoms with E-state index >= 15 is 0 Å². The Hall–Kier alpha value is -3.74. The minimum Gasteiger partial charge on any atom is -0.351 e. The lowest BCUT2D eigenvalue weighted by molar-refractivity contribution is 0.0719. The lowest BCUT2D eigenvalue weighted by atomic mass is 10.1. The number of nitrogens with one attached hydrogen (secondary N) is 2. The number of pyridine rings is 1. The number of likely N-dealkylation sites (tertiary alicyclic amines) is 1. The molecule has 1 amide bonds. The smallest absolute Gasteiger partial charge is 0.270 e. The van der Waals surface area contributed by atoms with Gasteiger partial charge in [-0.2, -0.15) is 0 Å². The average molecular weight is 398 g/mol. The van der Waals surface area contributed by atoms with Gasteiger partial charge in [0.25, 0.3) is 5.91 Å². The minimum absolute atomic E-state index is 0.0757. The van der Waals surface area contributed by atoms with Crippen LogP contribution in [-0.4, -0.2) is 43.8 Å². The summed E-state index contributed by atoms with van der Waals surface area (Å²) in [5, 5.41) is 4.22. The van der Waals surface area contributed by atoms with Crippen LogP contribution < -0.4 is 5.32 Å². The molecule has 1 aliphatic rings. The third-order valence-corrected chi connectivity index (χ3v) is 5.33. The minimum atomic E-state index is 0.0757. The van der Waals surface area contributed by atoms with E-state index in [9.17, 15) is 4.79 Å². The summed E-state index contributed by atoms with van der Waals surface area (Å²) >= 11 is 0. The summed E-state index contributed by atoms with van der Waals surface area (Å²) in [6.07, 6.45) is 6.82. The largest absolute Gasteiger partial charge is 0.351 e. The standard InChI is InChI=1S/C23H22N6O/c30-22(29-12-4-1-5-13-29)21-15-16-14-17(7-8-18(16)27-21)26-23-25-11-9-20(28-23)19-6-2-3-10-24-19/h2-3,6-11,14-15,27H,1,4-5,12-13H2,(H,25,26,28). The molecule has 0 spiro atoms. The number of piperidine rings is 1. The Balaban J connectivity index is 1.37. The highest BCUT2D eigenvalue weighted by atomic mass is 16.2.